The summed E-state index contributed by atoms with van der Waals surface area (Å²) in [5.41, 5.74) is 4.31. The van der Waals surface area contributed by atoms with E-state index in [0.717, 1.165) is 33.3 Å². The molecular weight excluding hydrogens is 567 g/mol. The van der Waals surface area contributed by atoms with Gasteiger partial charge in [-0.05, 0) is 74.2 Å². The van der Waals surface area contributed by atoms with Crippen LogP contribution >= 0.6 is 0 Å². The van der Waals surface area contributed by atoms with Gasteiger partial charge in [0, 0.05) is 23.8 Å². The maximum absolute atomic E-state index is 14.2. The first-order valence-electron chi connectivity index (χ1n) is 14.0. The topological polar surface area (TPSA) is 88.5 Å². The average Bonchev–Trinajstić information content (AvgIpc) is 3.55. The largest absolute Gasteiger partial charge is 0.367 e. The first-order valence-corrected chi connectivity index (χ1v) is 16.9. The summed E-state index contributed by atoms with van der Waals surface area (Å²) in [7, 11) is -7.81. The lowest BCUT2D eigenvalue weighted by atomic mass is 9.69. The number of piperidine rings is 1. The van der Waals surface area contributed by atoms with E-state index >= 15 is 0 Å². The van der Waals surface area contributed by atoms with Crippen molar-refractivity contribution in [2.24, 2.45) is 0 Å². The molecule has 9 heteroatoms. The molecule has 2 aliphatic heterocycles. The number of nitrogens with one attached hydrogen (secondary N) is 1. The van der Waals surface area contributed by atoms with Crippen molar-refractivity contribution in [1.29, 1.82) is 0 Å². The van der Waals surface area contributed by atoms with E-state index in [4.69, 9.17) is 0 Å². The molecule has 1 aromatic heterocycles. The summed E-state index contributed by atoms with van der Waals surface area (Å²) in [4.78, 5) is 0.442. The van der Waals surface area contributed by atoms with Gasteiger partial charge < -0.3 is 5.32 Å². The fourth-order valence-corrected chi connectivity index (χ4v) is 9.71. The van der Waals surface area contributed by atoms with Gasteiger partial charge in [0.15, 0.2) is 0 Å². The maximum Gasteiger partial charge on any atom is 0.268 e. The number of fused-ring (bicyclic) bond motifs is 4. The lowest BCUT2D eigenvalue weighted by molar-refractivity contribution is 0.200. The van der Waals surface area contributed by atoms with E-state index in [-0.39, 0.29) is 9.79 Å². The van der Waals surface area contributed by atoms with Crippen molar-refractivity contribution in [3.05, 3.63) is 126 Å². The molecule has 0 spiro atoms. The van der Waals surface area contributed by atoms with Crippen molar-refractivity contribution in [2.75, 3.05) is 11.9 Å². The van der Waals surface area contributed by atoms with Crippen LogP contribution in [0.2, 0.25) is 0 Å². The Morgan fingerprint density at radius 3 is 2.00 bits per heavy atom. The summed E-state index contributed by atoms with van der Waals surface area (Å²) in [6.45, 7) is 4.20. The number of aromatic nitrogens is 1. The van der Waals surface area contributed by atoms with E-state index in [1.807, 2.05) is 74.5 Å². The Morgan fingerprint density at radius 1 is 0.714 bits per heavy atom. The summed E-state index contributed by atoms with van der Waals surface area (Å²) in [5.74, 6) is 0. The monoisotopic (exact) mass is 597 g/mol. The zero-order chi connectivity index (χ0) is 29.3. The predicted octanol–water partition coefficient (Wildman–Crippen LogP) is 6.02. The highest BCUT2D eigenvalue weighted by molar-refractivity contribution is 7.90. The highest BCUT2D eigenvalue weighted by atomic mass is 32.2. The molecule has 1 saturated heterocycles. The maximum atomic E-state index is 14.2. The van der Waals surface area contributed by atoms with Gasteiger partial charge >= 0.3 is 0 Å². The zero-order valence-electron chi connectivity index (χ0n) is 23.4. The van der Waals surface area contributed by atoms with Gasteiger partial charge in [-0.2, -0.15) is 4.31 Å². The lowest BCUT2D eigenvalue weighted by Crippen LogP contribution is -2.57. The first kappa shape index (κ1) is 26.9. The van der Waals surface area contributed by atoms with Crippen LogP contribution in [-0.4, -0.2) is 37.8 Å². The van der Waals surface area contributed by atoms with Gasteiger partial charge in [-0.25, -0.2) is 20.8 Å². The van der Waals surface area contributed by atoms with Gasteiger partial charge in [0.25, 0.3) is 10.0 Å². The molecule has 0 saturated carbocycles. The SMILES string of the molecule is Cc1ccc(S(=O)(=O)N2CCC[C@@]3(c4cn(S(=O)(=O)c5ccc(C)cc5)c5ccccc45)c4ccccc4N[C@@H]23)cc1. The third-order valence-electron chi connectivity index (χ3n) is 8.77. The zero-order valence-corrected chi connectivity index (χ0v) is 25.0. The molecule has 5 aromatic rings. The summed E-state index contributed by atoms with van der Waals surface area (Å²) in [5, 5.41) is 4.34. The van der Waals surface area contributed by atoms with Crippen LogP contribution in [0.25, 0.3) is 10.9 Å². The Labute approximate surface area is 246 Å². The summed E-state index contributed by atoms with van der Waals surface area (Å²) >= 11 is 0. The molecule has 2 atom stereocenters. The van der Waals surface area contributed by atoms with Crippen LogP contribution in [-0.2, 0) is 25.5 Å². The van der Waals surface area contributed by atoms with Gasteiger partial charge in [0.1, 0.15) is 6.17 Å². The minimum Gasteiger partial charge on any atom is -0.367 e. The van der Waals surface area contributed by atoms with Crippen molar-refractivity contribution >= 4 is 36.6 Å². The Kier molecular flexibility index (Phi) is 6.13. The van der Waals surface area contributed by atoms with Crippen molar-refractivity contribution < 1.29 is 16.8 Å². The smallest absolute Gasteiger partial charge is 0.268 e. The molecule has 4 aromatic carbocycles. The Balaban J connectivity index is 1.47. The Bertz CT molecular complexity index is 2050. The second-order valence-electron chi connectivity index (χ2n) is 11.3. The van der Waals surface area contributed by atoms with Crippen LogP contribution in [0.3, 0.4) is 0 Å². The molecule has 1 fully saturated rings. The number of hydrogen-bond acceptors (Lipinski definition) is 5. The second-order valence-corrected chi connectivity index (χ2v) is 15.0. The van der Waals surface area contributed by atoms with Gasteiger partial charge in [0.05, 0.1) is 20.7 Å². The second kappa shape index (κ2) is 9.55. The van der Waals surface area contributed by atoms with Crippen LogP contribution in [0, 0.1) is 13.8 Å². The third kappa shape index (κ3) is 3.87. The molecule has 42 heavy (non-hydrogen) atoms. The Hall–Kier alpha value is -3.92. The highest BCUT2D eigenvalue weighted by Gasteiger charge is 2.56. The number of rotatable bonds is 5. The molecule has 0 aliphatic carbocycles. The quantitative estimate of drug-likeness (QED) is 0.268. The minimum absolute atomic E-state index is 0.201. The van der Waals surface area contributed by atoms with Crippen LogP contribution in [0.4, 0.5) is 5.69 Å². The number of hydrogen-bond donors (Lipinski definition) is 1. The molecule has 7 nitrogen and oxygen atoms in total. The Morgan fingerprint density at radius 2 is 1.31 bits per heavy atom. The van der Waals surface area contributed by atoms with Gasteiger partial charge in [-0.1, -0.05) is 71.8 Å². The van der Waals surface area contributed by atoms with Crippen LogP contribution in [0.1, 0.15) is 35.1 Å². The molecule has 214 valence electrons. The number of aryl methyl sites for hydroxylation is 2. The molecular formula is C33H31N3O4S2. The molecule has 0 amide bonds. The van der Waals surface area contributed by atoms with Crippen LogP contribution < -0.4 is 5.32 Å². The molecule has 1 N–H and O–H groups in total. The highest BCUT2D eigenvalue weighted by Crippen LogP contribution is 2.54. The number of anilines is 1. The molecule has 3 heterocycles. The summed E-state index contributed by atoms with van der Waals surface area (Å²) < 4.78 is 59.5. The van der Waals surface area contributed by atoms with Gasteiger partial charge in [0.2, 0.25) is 10.0 Å². The summed E-state index contributed by atoms with van der Waals surface area (Å²) in [6, 6.07) is 29.1. The fraction of sp³-hybridized carbons (Fsp3) is 0.212. The van der Waals surface area contributed by atoms with E-state index in [0.29, 0.717) is 24.9 Å². The summed E-state index contributed by atoms with van der Waals surface area (Å²) in [6.07, 6.45) is 2.34. The van der Waals surface area contributed by atoms with E-state index in [9.17, 15) is 16.8 Å². The predicted molar refractivity (Wildman–Crippen MR) is 165 cm³/mol. The number of para-hydroxylation sites is 2. The number of sulfonamides is 1. The fourth-order valence-electron chi connectivity index (χ4n) is 6.71. The van der Waals surface area contributed by atoms with E-state index in [1.165, 1.54) is 3.97 Å². The number of benzene rings is 4. The minimum atomic E-state index is -3.93. The lowest BCUT2D eigenvalue weighted by Gasteiger charge is -2.45. The standard InChI is InChI=1S/C33H31N3O4S2/c1-23-12-16-25(17-13-23)41(37,38)35-21-7-20-33(28-9-4-5-10-30(28)34-32(33)35)29-22-36(31-11-6-3-8-27(29)31)42(39,40)26-18-14-24(2)15-19-26/h3-6,8-19,22,32,34H,7,20-21H2,1-2H3/t32-,33-/m0/s1. The van der Waals surface area contributed by atoms with Gasteiger partial charge in [-0.3, -0.25) is 0 Å². The van der Waals surface area contributed by atoms with Crippen molar-refractivity contribution in [3.63, 3.8) is 0 Å². The van der Waals surface area contributed by atoms with Crippen LogP contribution in [0.5, 0.6) is 0 Å². The first-order chi connectivity index (χ1) is 20.1. The molecule has 2 aliphatic rings. The van der Waals surface area contributed by atoms with Crippen molar-refractivity contribution in [3.8, 4) is 0 Å². The number of nitrogens with zero attached hydrogens (tertiary/aromatic N) is 2. The van der Waals surface area contributed by atoms with Crippen molar-refractivity contribution in [1.82, 2.24) is 8.28 Å². The van der Waals surface area contributed by atoms with E-state index in [2.05, 4.69) is 5.32 Å². The molecule has 7 rings (SSSR count). The third-order valence-corrected chi connectivity index (χ3v) is 12.3. The van der Waals surface area contributed by atoms with E-state index < -0.39 is 31.6 Å². The van der Waals surface area contributed by atoms with Gasteiger partial charge in [-0.15, -0.1) is 0 Å². The average molecular weight is 598 g/mol. The molecule has 0 unspecified atom stereocenters. The van der Waals surface area contributed by atoms with E-state index in [1.54, 1.807) is 46.9 Å². The molecule has 0 bridgehead atoms. The normalized spacial score (nSPS) is 20.7. The van der Waals surface area contributed by atoms with Crippen molar-refractivity contribution in [2.45, 2.75) is 48.1 Å². The molecule has 0 radical (unpaired) electrons. The van der Waals surface area contributed by atoms with Crippen LogP contribution in [0.15, 0.2) is 113 Å².